The fraction of sp³-hybridized carbons (Fsp3) is 0.750. The lowest BCUT2D eigenvalue weighted by atomic mass is 9.97. The van der Waals surface area contributed by atoms with Gasteiger partial charge >= 0.3 is 5.97 Å². The highest BCUT2D eigenvalue weighted by Gasteiger charge is 2.20. The molecule has 0 radical (unpaired) electrons. The van der Waals surface area contributed by atoms with Crippen molar-refractivity contribution in [2.24, 2.45) is 17.6 Å². The van der Waals surface area contributed by atoms with Crippen molar-refractivity contribution in [2.45, 2.75) is 52.4 Å². The average Bonchev–Trinajstić information content (AvgIpc) is 2.66. The maximum atomic E-state index is 11.8. The summed E-state index contributed by atoms with van der Waals surface area (Å²) in [5, 5.41) is 11.6. The van der Waals surface area contributed by atoms with Crippen molar-refractivity contribution < 1.29 is 38.6 Å². The summed E-state index contributed by atoms with van der Waals surface area (Å²) in [5.41, 5.74) is 5.26. The van der Waals surface area contributed by atoms with Gasteiger partial charge < -0.3 is 30.4 Å². The summed E-state index contributed by atoms with van der Waals surface area (Å²) in [7, 11) is 0. The van der Waals surface area contributed by atoms with Crippen LogP contribution in [-0.4, -0.2) is 67.4 Å². The van der Waals surface area contributed by atoms with Gasteiger partial charge in [0, 0.05) is 31.7 Å². The maximum Gasteiger partial charge on any atom is 0.306 e. The van der Waals surface area contributed by atoms with Crippen molar-refractivity contribution in [1.82, 2.24) is 5.32 Å². The Kier molecular flexibility index (Phi) is 15.2. The molecule has 0 aliphatic heterocycles. The molecule has 0 aromatic heterocycles. The fourth-order valence-corrected chi connectivity index (χ4v) is 2.75. The SMILES string of the molecule is CCCC(CC(=O)COCCOCCNC(=O)CCC(CC(C)=O)C(=O)O)C(N)=O. The Hall–Kier alpha value is -2.33. The van der Waals surface area contributed by atoms with Crippen molar-refractivity contribution in [3.63, 3.8) is 0 Å². The predicted molar refractivity (Wildman–Crippen MR) is 108 cm³/mol. The van der Waals surface area contributed by atoms with Gasteiger partial charge in [-0.3, -0.25) is 19.2 Å². The number of carboxylic acids is 1. The summed E-state index contributed by atoms with van der Waals surface area (Å²) in [6.07, 6.45) is 1.44. The highest BCUT2D eigenvalue weighted by atomic mass is 16.5. The lowest BCUT2D eigenvalue weighted by Gasteiger charge is -2.12. The molecule has 0 aliphatic rings. The zero-order chi connectivity index (χ0) is 22.9. The van der Waals surface area contributed by atoms with E-state index in [2.05, 4.69) is 5.32 Å². The van der Waals surface area contributed by atoms with E-state index in [0.717, 1.165) is 6.42 Å². The molecule has 0 saturated heterocycles. The maximum absolute atomic E-state index is 11.8. The van der Waals surface area contributed by atoms with E-state index in [1.54, 1.807) is 0 Å². The Morgan fingerprint density at radius 1 is 0.967 bits per heavy atom. The molecule has 0 spiro atoms. The van der Waals surface area contributed by atoms with Crippen LogP contribution in [0.1, 0.15) is 52.4 Å². The number of nitrogens with two attached hydrogens (primary N) is 1. The Balaban J connectivity index is 3.76. The van der Waals surface area contributed by atoms with Crippen LogP contribution in [-0.2, 0) is 33.4 Å². The Bertz CT molecular complexity index is 579. The van der Waals surface area contributed by atoms with E-state index in [4.69, 9.17) is 20.3 Å². The second-order valence-electron chi connectivity index (χ2n) is 7.13. The lowest BCUT2D eigenvalue weighted by molar-refractivity contribution is -0.144. The second-order valence-corrected chi connectivity index (χ2v) is 7.13. The van der Waals surface area contributed by atoms with E-state index in [0.29, 0.717) is 6.42 Å². The van der Waals surface area contributed by atoms with E-state index in [9.17, 15) is 24.0 Å². The lowest BCUT2D eigenvalue weighted by Crippen LogP contribution is -2.29. The molecule has 10 nitrogen and oxygen atoms in total. The number of aliphatic carboxylic acids is 1. The minimum absolute atomic E-state index is 0.0137. The number of hydrogen-bond donors (Lipinski definition) is 3. The number of carbonyl (C=O) groups is 5. The van der Waals surface area contributed by atoms with Gasteiger partial charge in [-0.1, -0.05) is 13.3 Å². The third-order valence-corrected chi connectivity index (χ3v) is 4.32. The van der Waals surface area contributed by atoms with Gasteiger partial charge in [-0.05, 0) is 19.8 Å². The average molecular weight is 430 g/mol. The normalized spacial score (nSPS) is 12.7. The summed E-state index contributed by atoms with van der Waals surface area (Å²) < 4.78 is 10.5. The van der Waals surface area contributed by atoms with Gasteiger partial charge in [0.25, 0.3) is 0 Å². The molecule has 4 N–H and O–H groups in total. The van der Waals surface area contributed by atoms with Crippen LogP contribution in [0.15, 0.2) is 0 Å². The summed E-state index contributed by atoms with van der Waals surface area (Å²) in [6.45, 7) is 4.03. The second kappa shape index (κ2) is 16.5. The molecule has 0 aromatic rings. The highest BCUT2D eigenvalue weighted by molar-refractivity contribution is 5.86. The standard InChI is InChI=1S/C20H34N2O8/c1-3-4-15(19(21)26)12-17(24)13-30-10-9-29-8-7-22-18(25)6-5-16(20(27)28)11-14(2)23/h15-16H,3-13H2,1-2H3,(H2,21,26)(H,22,25)(H,27,28). The fourth-order valence-electron chi connectivity index (χ4n) is 2.75. The number of ether oxygens (including phenoxy) is 2. The topological polar surface area (TPSA) is 162 Å². The molecule has 0 heterocycles. The third kappa shape index (κ3) is 14.6. The van der Waals surface area contributed by atoms with Gasteiger partial charge in [-0.15, -0.1) is 0 Å². The van der Waals surface area contributed by atoms with Crippen LogP contribution >= 0.6 is 0 Å². The van der Waals surface area contributed by atoms with Crippen LogP contribution in [0.2, 0.25) is 0 Å². The van der Waals surface area contributed by atoms with E-state index < -0.39 is 23.7 Å². The van der Waals surface area contributed by atoms with Crippen molar-refractivity contribution in [3.8, 4) is 0 Å². The molecule has 0 aliphatic carbocycles. The molecule has 0 saturated carbocycles. The first-order chi connectivity index (χ1) is 14.2. The van der Waals surface area contributed by atoms with Crippen LogP contribution in [0, 0.1) is 11.8 Å². The van der Waals surface area contributed by atoms with Gasteiger partial charge in [0.05, 0.1) is 25.7 Å². The number of primary amides is 1. The number of rotatable bonds is 19. The van der Waals surface area contributed by atoms with E-state index in [1.165, 1.54) is 6.92 Å². The summed E-state index contributed by atoms with van der Waals surface area (Å²) in [5.74, 6) is -3.61. The Morgan fingerprint density at radius 2 is 1.63 bits per heavy atom. The van der Waals surface area contributed by atoms with E-state index in [-0.39, 0.29) is 76.1 Å². The minimum Gasteiger partial charge on any atom is -0.481 e. The minimum atomic E-state index is -1.09. The number of hydrogen-bond acceptors (Lipinski definition) is 7. The van der Waals surface area contributed by atoms with Gasteiger partial charge in [0.2, 0.25) is 11.8 Å². The van der Waals surface area contributed by atoms with Gasteiger partial charge in [0.15, 0.2) is 5.78 Å². The van der Waals surface area contributed by atoms with Gasteiger partial charge in [-0.25, -0.2) is 0 Å². The highest BCUT2D eigenvalue weighted by Crippen LogP contribution is 2.12. The number of carboxylic acid groups (broad SMARTS) is 1. The van der Waals surface area contributed by atoms with Crippen molar-refractivity contribution in [3.05, 3.63) is 0 Å². The zero-order valence-electron chi connectivity index (χ0n) is 17.8. The van der Waals surface area contributed by atoms with Crippen molar-refractivity contribution >= 4 is 29.4 Å². The predicted octanol–water partition coefficient (Wildman–Crippen LogP) is 0.457. The number of nitrogens with one attached hydrogen (secondary N) is 1. The smallest absolute Gasteiger partial charge is 0.306 e. The van der Waals surface area contributed by atoms with Gasteiger partial charge in [-0.2, -0.15) is 0 Å². The molecular weight excluding hydrogens is 396 g/mol. The molecule has 0 aromatic carbocycles. The van der Waals surface area contributed by atoms with Crippen LogP contribution < -0.4 is 11.1 Å². The molecule has 30 heavy (non-hydrogen) atoms. The molecule has 0 fully saturated rings. The quantitative estimate of drug-likeness (QED) is 0.249. The molecule has 172 valence electrons. The van der Waals surface area contributed by atoms with Crippen LogP contribution in [0.25, 0.3) is 0 Å². The van der Waals surface area contributed by atoms with Crippen LogP contribution in [0.5, 0.6) is 0 Å². The molecular formula is C20H34N2O8. The van der Waals surface area contributed by atoms with Crippen molar-refractivity contribution in [2.75, 3.05) is 33.0 Å². The largest absolute Gasteiger partial charge is 0.481 e. The van der Waals surface area contributed by atoms with Crippen LogP contribution in [0.3, 0.4) is 0 Å². The monoisotopic (exact) mass is 430 g/mol. The van der Waals surface area contributed by atoms with Crippen LogP contribution in [0.4, 0.5) is 0 Å². The molecule has 0 rings (SSSR count). The summed E-state index contributed by atoms with van der Waals surface area (Å²) >= 11 is 0. The number of Topliss-reactive ketones (excluding diaryl/α,β-unsaturated/α-hetero) is 2. The molecule has 0 bridgehead atoms. The Labute approximate surface area is 176 Å². The molecule has 2 atom stereocenters. The molecule has 2 amide bonds. The van der Waals surface area contributed by atoms with E-state index >= 15 is 0 Å². The van der Waals surface area contributed by atoms with E-state index in [1.807, 2.05) is 6.92 Å². The number of carbonyl (C=O) groups excluding carboxylic acids is 4. The first-order valence-electron chi connectivity index (χ1n) is 10.1. The number of ketones is 2. The molecule has 2 unspecified atom stereocenters. The van der Waals surface area contributed by atoms with Crippen molar-refractivity contribution in [1.29, 1.82) is 0 Å². The molecule has 10 heteroatoms. The third-order valence-electron chi connectivity index (χ3n) is 4.32. The Morgan fingerprint density at radius 3 is 2.20 bits per heavy atom. The first-order valence-corrected chi connectivity index (χ1v) is 10.1. The zero-order valence-corrected chi connectivity index (χ0v) is 17.8. The van der Waals surface area contributed by atoms with Gasteiger partial charge in [0.1, 0.15) is 12.4 Å². The number of amides is 2. The summed E-state index contributed by atoms with van der Waals surface area (Å²) in [4.78, 5) is 56.8. The first kappa shape index (κ1) is 27.7. The summed E-state index contributed by atoms with van der Waals surface area (Å²) in [6, 6.07) is 0.